The van der Waals surface area contributed by atoms with Crippen molar-refractivity contribution in [1.82, 2.24) is 10.6 Å². The summed E-state index contributed by atoms with van der Waals surface area (Å²) in [6.07, 6.45) is 6.85. The molecule has 0 saturated heterocycles. The van der Waals surface area contributed by atoms with Crippen LogP contribution in [0.25, 0.3) is 0 Å². The van der Waals surface area contributed by atoms with Crippen LogP contribution in [-0.2, 0) is 4.74 Å². The van der Waals surface area contributed by atoms with Gasteiger partial charge in [0.2, 0.25) is 0 Å². The summed E-state index contributed by atoms with van der Waals surface area (Å²) < 4.78 is 5.33. The molecule has 116 valence electrons. The zero-order chi connectivity index (χ0) is 14.8. The first-order chi connectivity index (χ1) is 9.32. The van der Waals surface area contributed by atoms with Crippen molar-refractivity contribution in [3.63, 3.8) is 0 Å². The van der Waals surface area contributed by atoms with E-state index in [2.05, 4.69) is 17.6 Å². The summed E-state index contributed by atoms with van der Waals surface area (Å²) in [7, 11) is 0. The summed E-state index contributed by atoms with van der Waals surface area (Å²) >= 11 is 0. The highest BCUT2D eigenvalue weighted by molar-refractivity contribution is 5.68. The van der Waals surface area contributed by atoms with E-state index in [-0.39, 0.29) is 12.1 Å². The van der Waals surface area contributed by atoms with E-state index in [0.29, 0.717) is 12.1 Å². The van der Waals surface area contributed by atoms with Crippen LogP contribution >= 0.6 is 0 Å². The van der Waals surface area contributed by atoms with E-state index in [1.54, 1.807) is 0 Å². The third-order valence-corrected chi connectivity index (χ3v) is 4.24. The molecule has 2 atom stereocenters. The summed E-state index contributed by atoms with van der Waals surface area (Å²) in [4.78, 5) is 11.8. The number of carbonyl (C=O) groups is 1. The SMILES string of the molecule is CC1CC(NC2CCCC(NC(=O)OC(C)(C)C)C2)C1. The van der Waals surface area contributed by atoms with Gasteiger partial charge in [-0.3, -0.25) is 0 Å². The van der Waals surface area contributed by atoms with E-state index in [4.69, 9.17) is 4.74 Å². The van der Waals surface area contributed by atoms with Crippen LogP contribution in [0.3, 0.4) is 0 Å². The van der Waals surface area contributed by atoms with Crippen molar-refractivity contribution in [2.45, 2.75) is 89.9 Å². The van der Waals surface area contributed by atoms with Crippen LogP contribution in [0.5, 0.6) is 0 Å². The lowest BCUT2D eigenvalue weighted by molar-refractivity contribution is 0.0486. The second-order valence-corrected chi connectivity index (χ2v) is 7.65. The highest BCUT2D eigenvalue weighted by Crippen LogP contribution is 2.29. The van der Waals surface area contributed by atoms with E-state index in [0.717, 1.165) is 18.8 Å². The highest BCUT2D eigenvalue weighted by atomic mass is 16.6. The molecule has 2 aliphatic rings. The predicted octanol–water partition coefficient (Wildman–Crippen LogP) is 3.21. The first-order valence-corrected chi connectivity index (χ1v) is 8.07. The molecule has 0 bridgehead atoms. The van der Waals surface area contributed by atoms with Crippen LogP contribution in [-0.4, -0.2) is 29.8 Å². The fourth-order valence-electron chi connectivity index (χ4n) is 3.32. The van der Waals surface area contributed by atoms with E-state index >= 15 is 0 Å². The van der Waals surface area contributed by atoms with E-state index in [1.807, 2.05) is 20.8 Å². The maximum atomic E-state index is 11.8. The average molecular weight is 282 g/mol. The summed E-state index contributed by atoms with van der Waals surface area (Å²) in [6.45, 7) is 8.01. The average Bonchev–Trinajstić information content (AvgIpc) is 2.24. The maximum absolute atomic E-state index is 11.8. The Morgan fingerprint density at radius 2 is 1.70 bits per heavy atom. The fraction of sp³-hybridized carbons (Fsp3) is 0.938. The van der Waals surface area contributed by atoms with Gasteiger partial charge < -0.3 is 15.4 Å². The van der Waals surface area contributed by atoms with Gasteiger partial charge in [0.1, 0.15) is 5.60 Å². The van der Waals surface area contributed by atoms with E-state index in [9.17, 15) is 4.79 Å². The second kappa shape index (κ2) is 6.33. The summed E-state index contributed by atoms with van der Waals surface area (Å²) in [5.41, 5.74) is -0.418. The van der Waals surface area contributed by atoms with Gasteiger partial charge in [-0.2, -0.15) is 0 Å². The largest absolute Gasteiger partial charge is 0.444 e. The first-order valence-electron chi connectivity index (χ1n) is 8.07. The summed E-state index contributed by atoms with van der Waals surface area (Å²) in [6, 6.07) is 1.52. The van der Waals surface area contributed by atoms with Crippen LogP contribution in [0.4, 0.5) is 4.79 Å². The van der Waals surface area contributed by atoms with Gasteiger partial charge in [-0.15, -0.1) is 0 Å². The Morgan fingerprint density at radius 3 is 2.30 bits per heavy atom. The third kappa shape index (κ3) is 4.97. The van der Waals surface area contributed by atoms with Crippen LogP contribution < -0.4 is 10.6 Å². The number of ether oxygens (including phenoxy) is 1. The predicted molar refractivity (Wildman–Crippen MR) is 80.7 cm³/mol. The molecule has 0 aromatic rings. The van der Waals surface area contributed by atoms with E-state index < -0.39 is 5.60 Å². The van der Waals surface area contributed by atoms with Crippen molar-refractivity contribution < 1.29 is 9.53 Å². The van der Waals surface area contributed by atoms with Crippen molar-refractivity contribution in [2.75, 3.05) is 0 Å². The minimum absolute atomic E-state index is 0.258. The van der Waals surface area contributed by atoms with Gasteiger partial charge in [0.15, 0.2) is 0 Å². The Labute approximate surface area is 123 Å². The first kappa shape index (κ1) is 15.6. The fourth-order valence-corrected chi connectivity index (χ4v) is 3.32. The Kier molecular flexibility index (Phi) is 4.95. The molecule has 2 saturated carbocycles. The Balaban J connectivity index is 1.71. The lowest BCUT2D eigenvalue weighted by atomic mass is 9.80. The Morgan fingerprint density at radius 1 is 1.05 bits per heavy atom. The number of amides is 1. The Hall–Kier alpha value is -0.770. The van der Waals surface area contributed by atoms with Crippen molar-refractivity contribution in [1.29, 1.82) is 0 Å². The molecule has 0 radical (unpaired) electrons. The monoisotopic (exact) mass is 282 g/mol. The van der Waals surface area contributed by atoms with Gasteiger partial charge in [-0.25, -0.2) is 4.79 Å². The molecule has 2 N–H and O–H groups in total. The number of nitrogens with one attached hydrogen (secondary N) is 2. The topological polar surface area (TPSA) is 50.4 Å². The second-order valence-electron chi connectivity index (χ2n) is 7.65. The van der Waals surface area contributed by atoms with Crippen molar-refractivity contribution in [3.05, 3.63) is 0 Å². The standard InChI is InChI=1S/C16H30N2O2/c1-11-8-14(9-11)17-12-6-5-7-13(10-12)18-15(19)20-16(2,3)4/h11-14,17H,5-10H2,1-4H3,(H,18,19). The molecule has 0 spiro atoms. The lowest BCUT2D eigenvalue weighted by Crippen LogP contribution is -2.50. The number of hydrogen-bond acceptors (Lipinski definition) is 3. The molecule has 2 aliphatic carbocycles. The van der Waals surface area contributed by atoms with Gasteiger partial charge in [0, 0.05) is 18.1 Å². The zero-order valence-corrected chi connectivity index (χ0v) is 13.4. The van der Waals surface area contributed by atoms with Gasteiger partial charge in [0.25, 0.3) is 0 Å². The van der Waals surface area contributed by atoms with Crippen molar-refractivity contribution in [2.24, 2.45) is 5.92 Å². The normalized spacial score (nSPS) is 34.2. The van der Waals surface area contributed by atoms with Crippen LogP contribution in [0.1, 0.15) is 66.2 Å². The molecule has 2 fully saturated rings. The minimum Gasteiger partial charge on any atom is -0.444 e. The quantitative estimate of drug-likeness (QED) is 0.835. The lowest BCUT2D eigenvalue weighted by Gasteiger charge is -2.39. The molecule has 4 nitrogen and oxygen atoms in total. The molecule has 2 unspecified atom stereocenters. The van der Waals surface area contributed by atoms with Crippen molar-refractivity contribution in [3.8, 4) is 0 Å². The number of hydrogen-bond donors (Lipinski definition) is 2. The molecule has 20 heavy (non-hydrogen) atoms. The summed E-state index contributed by atoms with van der Waals surface area (Å²) in [5.74, 6) is 0.881. The molecule has 1 amide bonds. The number of carbonyl (C=O) groups excluding carboxylic acids is 1. The minimum atomic E-state index is -0.418. The highest BCUT2D eigenvalue weighted by Gasteiger charge is 2.30. The molecular formula is C16H30N2O2. The van der Waals surface area contributed by atoms with Crippen LogP contribution in [0, 0.1) is 5.92 Å². The van der Waals surface area contributed by atoms with Crippen molar-refractivity contribution >= 4 is 6.09 Å². The summed E-state index contributed by atoms with van der Waals surface area (Å²) in [5, 5.41) is 6.77. The zero-order valence-electron chi connectivity index (χ0n) is 13.4. The molecule has 4 heteroatoms. The van der Waals surface area contributed by atoms with Gasteiger partial charge in [-0.1, -0.05) is 6.92 Å². The van der Waals surface area contributed by atoms with Crippen LogP contribution in [0.15, 0.2) is 0 Å². The van der Waals surface area contributed by atoms with Crippen LogP contribution in [0.2, 0.25) is 0 Å². The Bertz CT molecular complexity index is 332. The maximum Gasteiger partial charge on any atom is 0.407 e. The smallest absolute Gasteiger partial charge is 0.407 e. The van der Waals surface area contributed by atoms with Gasteiger partial charge in [0.05, 0.1) is 0 Å². The van der Waals surface area contributed by atoms with Gasteiger partial charge >= 0.3 is 6.09 Å². The molecule has 2 rings (SSSR count). The molecule has 0 aliphatic heterocycles. The van der Waals surface area contributed by atoms with Gasteiger partial charge in [-0.05, 0) is 65.2 Å². The molecule has 0 heterocycles. The third-order valence-electron chi connectivity index (χ3n) is 4.24. The van der Waals surface area contributed by atoms with E-state index in [1.165, 1.54) is 25.7 Å². The molecule has 0 aromatic heterocycles. The molecule has 0 aromatic carbocycles. The number of rotatable bonds is 3. The number of alkyl carbamates (subject to hydrolysis) is 1. The molecular weight excluding hydrogens is 252 g/mol.